The van der Waals surface area contributed by atoms with Crippen molar-refractivity contribution in [3.05, 3.63) is 0 Å². The van der Waals surface area contributed by atoms with Crippen molar-refractivity contribution < 1.29 is 0 Å². The van der Waals surface area contributed by atoms with Crippen LogP contribution in [-0.4, -0.2) is 49.1 Å². The Morgan fingerprint density at radius 2 is 1.42 bits per heavy atom. The summed E-state index contributed by atoms with van der Waals surface area (Å²) in [6.45, 7) is 15.1. The summed E-state index contributed by atoms with van der Waals surface area (Å²) in [7, 11) is 0. The van der Waals surface area contributed by atoms with Gasteiger partial charge in [-0.3, -0.25) is 0 Å². The van der Waals surface area contributed by atoms with Gasteiger partial charge in [-0.25, -0.2) is 0 Å². The Kier molecular flexibility index (Phi) is 5.70. The van der Waals surface area contributed by atoms with E-state index in [0.717, 1.165) is 11.3 Å². The van der Waals surface area contributed by atoms with Gasteiger partial charge in [-0.05, 0) is 76.2 Å². The average molecular weight is 266 g/mol. The molecule has 1 spiro atoms. The van der Waals surface area contributed by atoms with Crippen LogP contribution in [0.15, 0.2) is 0 Å². The number of likely N-dealkylation sites (tertiary alicyclic amines) is 2. The first-order valence-electron chi connectivity index (χ1n) is 8.58. The Morgan fingerprint density at radius 1 is 0.895 bits per heavy atom. The molecule has 112 valence electrons. The molecule has 2 aliphatic heterocycles. The van der Waals surface area contributed by atoms with E-state index in [1.54, 1.807) is 0 Å². The second kappa shape index (κ2) is 7.08. The lowest BCUT2D eigenvalue weighted by atomic mass is 9.71. The Balaban J connectivity index is 1.72. The minimum absolute atomic E-state index is 0.718. The first kappa shape index (κ1) is 15.3. The van der Waals surface area contributed by atoms with Crippen molar-refractivity contribution >= 4 is 0 Å². The smallest absolute Gasteiger partial charge is 0.000439 e. The SMILES string of the molecule is CCCCN1CCC2(CC1)CCN(CC(C)C)CC2. The molecule has 2 fully saturated rings. The fraction of sp³-hybridized carbons (Fsp3) is 1.00. The molecular weight excluding hydrogens is 232 g/mol. The van der Waals surface area contributed by atoms with Crippen molar-refractivity contribution in [1.29, 1.82) is 0 Å². The van der Waals surface area contributed by atoms with Crippen molar-refractivity contribution in [2.75, 3.05) is 39.3 Å². The molecule has 2 nitrogen and oxygen atoms in total. The molecule has 0 aromatic carbocycles. The van der Waals surface area contributed by atoms with Gasteiger partial charge < -0.3 is 9.80 Å². The zero-order chi connectivity index (χ0) is 13.7. The van der Waals surface area contributed by atoms with Crippen LogP contribution in [0.3, 0.4) is 0 Å². The monoisotopic (exact) mass is 266 g/mol. The third-order valence-corrected chi connectivity index (χ3v) is 5.28. The van der Waals surface area contributed by atoms with Crippen LogP contribution in [0, 0.1) is 11.3 Å². The van der Waals surface area contributed by atoms with Crippen molar-refractivity contribution in [3.8, 4) is 0 Å². The molecule has 19 heavy (non-hydrogen) atoms. The maximum atomic E-state index is 2.70. The molecule has 2 heterocycles. The molecule has 0 aromatic rings. The highest BCUT2D eigenvalue weighted by Crippen LogP contribution is 2.41. The second-order valence-electron chi connectivity index (χ2n) is 7.39. The van der Waals surface area contributed by atoms with Gasteiger partial charge in [0.1, 0.15) is 0 Å². The van der Waals surface area contributed by atoms with Gasteiger partial charge in [-0.15, -0.1) is 0 Å². The molecule has 2 rings (SSSR count). The van der Waals surface area contributed by atoms with Crippen LogP contribution in [0.25, 0.3) is 0 Å². The largest absolute Gasteiger partial charge is 0.303 e. The molecule has 2 aliphatic rings. The Morgan fingerprint density at radius 3 is 1.89 bits per heavy atom. The summed E-state index contributed by atoms with van der Waals surface area (Å²) in [5, 5.41) is 0. The minimum atomic E-state index is 0.718. The van der Waals surface area contributed by atoms with Gasteiger partial charge in [0.25, 0.3) is 0 Å². The summed E-state index contributed by atoms with van der Waals surface area (Å²) in [5.74, 6) is 0.824. The second-order valence-corrected chi connectivity index (χ2v) is 7.39. The summed E-state index contributed by atoms with van der Waals surface area (Å²) in [5.41, 5.74) is 0.718. The highest BCUT2D eigenvalue weighted by Gasteiger charge is 2.37. The predicted molar refractivity (Wildman–Crippen MR) is 83.5 cm³/mol. The van der Waals surface area contributed by atoms with Crippen LogP contribution in [0.2, 0.25) is 0 Å². The fourth-order valence-electron chi connectivity index (χ4n) is 3.86. The van der Waals surface area contributed by atoms with Gasteiger partial charge in [-0.1, -0.05) is 27.2 Å². The van der Waals surface area contributed by atoms with Crippen LogP contribution in [0.1, 0.15) is 59.3 Å². The van der Waals surface area contributed by atoms with E-state index in [1.807, 2.05) is 0 Å². The van der Waals surface area contributed by atoms with Crippen LogP contribution in [0.4, 0.5) is 0 Å². The summed E-state index contributed by atoms with van der Waals surface area (Å²) in [6.07, 6.45) is 8.57. The number of nitrogens with zero attached hydrogens (tertiary/aromatic N) is 2. The van der Waals surface area contributed by atoms with E-state index in [-0.39, 0.29) is 0 Å². The maximum absolute atomic E-state index is 2.70. The molecule has 2 saturated heterocycles. The minimum Gasteiger partial charge on any atom is -0.303 e. The third-order valence-electron chi connectivity index (χ3n) is 5.28. The third kappa shape index (κ3) is 4.46. The number of unbranched alkanes of at least 4 members (excludes halogenated alkanes) is 1. The first-order valence-corrected chi connectivity index (χ1v) is 8.58. The van der Waals surface area contributed by atoms with Crippen molar-refractivity contribution in [3.63, 3.8) is 0 Å². The van der Waals surface area contributed by atoms with Gasteiger partial charge in [0.2, 0.25) is 0 Å². The number of piperidine rings is 2. The first-order chi connectivity index (χ1) is 9.13. The van der Waals surface area contributed by atoms with Crippen molar-refractivity contribution in [1.82, 2.24) is 9.80 Å². The molecule has 0 bridgehead atoms. The lowest BCUT2D eigenvalue weighted by molar-refractivity contribution is 0.0312. The van der Waals surface area contributed by atoms with Gasteiger partial charge in [-0.2, -0.15) is 0 Å². The Labute approximate surface area is 120 Å². The maximum Gasteiger partial charge on any atom is 0.000439 e. The van der Waals surface area contributed by atoms with E-state index >= 15 is 0 Å². The molecule has 0 aliphatic carbocycles. The quantitative estimate of drug-likeness (QED) is 0.750. The summed E-state index contributed by atoms with van der Waals surface area (Å²) in [4.78, 5) is 5.40. The molecule has 0 amide bonds. The summed E-state index contributed by atoms with van der Waals surface area (Å²) in [6, 6.07) is 0. The Bertz CT molecular complexity index is 244. The van der Waals surface area contributed by atoms with Crippen LogP contribution >= 0.6 is 0 Å². The fourth-order valence-corrected chi connectivity index (χ4v) is 3.86. The lowest BCUT2D eigenvalue weighted by Crippen LogP contribution is -2.47. The molecule has 0 unspecified atom stereocenters. The molecule has 0 N–H and O–H groups in total. The molecule has 0 aromatic heterocycles. The van der Waals surface area contributed by atoms with Crippen LogP contribution < -0.4 is 0 Å². The van der Waals surface area contributed by atoms with Gasteiger partial charge in [0.15, 0.2) is 0 Å². The number of hydrogen-bond acceptors (Lipinski definition) is 2. The summed E-state index contributed by atoms with van der Waals surface area (Å²) < 4.78 is 0. The highest BCUT2D eigenvalue weighted by atomic mass is 15.2. The normalized spacial score (nSPS) is 25.3. The molecule has 0 saturated carbocycles. The predicted octanol–water partition coefficient (Wildman–Crippen LogP) is 3.62. The van der Waals surface area contributed by atoms with E-state index in [9.17, 15) is 0 Å². The molecular formula is C17H34N2. The standard InChI is InChI=1S/C17H34N2/c1-4-5-10-18-11-6-17(7-12-18)8-13-19(14-9-17)15-16(2)3/h16H,4-15H2,1-3H3. The molecule has 0 atom stereocenters. The Hall–Kier alpha value is -0.0800. The van der Waals surface area contributed by atoms with Gasteiger partial charge in [0, 0.05) is 6.54 Å². The van der Waals surface area contributed by atoms with E-state index in [2.05, 4.69) is 30.6 Å². The van der Waals surface area contributed by atoms with Gasteiger partial charge in [0.05, 0.1) is 0 Å². The topological polar surface area (TPSA) is 6.48 Å². The average Bonchev–Trinajstić information content (AvgIpc) is 2.41. The van der Waals surface area contributed by atoms with E-state index < -0.39 is 0 Å². The zero-order valence-corrected chi connectivity index (χ0v) is 13.5. The molecule has 0 radical (unpaired) electrons. The van der Waals surface area contributed by atoms with Gasteiger partial charge >= 0.3 is 0 Å². The van der Waals surface area contributed by atoms with E-state index in [1.165, 1.54) is 77.8 Å². The lowest BCUT2D eigenvalue weighted by Gasteiger charge is -2.47. The zero-order valence-electron chi connectivity index (χ0n) is 13.5. The summed E-state index contributed by atoms with van der Waals surface area (Å²) >= 11 is 0. The van der Waals surface area contributed by atoms with Crippen LogP contribution in [0.5, 0.6) is 0 Å². The number of rotatable bonds is 5. The molecule has 2 heteroatoms. The van der Waals surface area contributed by atoms with Crippen LogP contribution in [-0.2, 0) is 0 Å². The van der Waals surface area contributed by atoms with E-state index in [4.69, 9.17) is 0 Å². The highest BCUT2D eigenvalue weighted by molar-refractivity contribution is 4.90. The number of hydrogen-bond donors (Lipinski definition) is 0. The van der Waals surface area contributed by atoms with E-state index in [0.29, 0.717) is 0 Å². The van der Waals surface area contributed by atoms with Crippen molar-refractivity contribution in [2.45, 2.75) is 59.3 Å². The van der Waals surface area contributed by atoms with Crippen molar-refractivity contribution in [2.24, 2.45) is 11.3 Å².